The number of hydrogen-bond donors (Lipinski definition) is 2. The zero-order valence-corrected chi connectivity index (χ0v) is 9.64. The van der Waals surface area contributed by atoms with E-state index in [0.717, 1.165) is 0 Å². The highest BCUT2D eigenvalue weighted by atomic mass is 16.2. The molecule has 1 aliphatic rings. The minimum atomic E-state index is -0.529. The fourth-order valence-corrected chi connectivity index (χ4v) is 1.61. The molecule has 2 N–H and O–H groups in total. The van der Waals surface area contributed by atoms with Crippen LogP contribution in [0.2, 0.25) is 0 Å². The number of nitrogens with one attached hydrogen (secondary N) is 2. The molecule has 0 atom stereocenters. The summed E-state index contributed by atoms with van der Waals surface area (Å²) in [6.07, 6.45) is 5.45. The van der Waals surface area contributed by atoms with Gasteiger partial charge in [-0.05, 0) is 18.2 Å². The van der Waals surface area contributed by atoms with Gasteiger partial charge in [0.05, 0.1) is 5.57 Å². The van der Waals surface area contributed by atoms with E-state index in [4.69, 9.17) is 5.41 Å². The zero-order valence-electron chi connectivity index (χ0n) is 9.64. The standard InChI is InChI=1S/C14H12N2O2/c15-12-9-5-4-8-11(12)14(18)16-13(17)10-6-2-1-3-7-10/h1-8,15H,9H2,(H,16,17,18). The fraction of sp³-hybridized carbons (Fsp3) is 0.0714. The molecule has 0 heterocycles. The molecule has 2 amide bonds. The third-order valence-corrected chi connectivity index (χ3v) is 2.55. The smallest absolute Gasteiger partial charge is 0.259 e. The van der Waals surface area contributed by atoms with Crippen LogP contribution >= 0.6 is 0 Å². The Kier molecular flexibility index (Phi) is 3.48. The molecule has 0 aliphatic heterocycles. The van der Waals surface area contributed by atoms with Gasteiger partial charge in [0.2, 0.25) is 0 Å². The topological polar surface area (TPSA) is 70.0 Å². The van der Waals surface area contributed by atoms with Crippen LogP contribution in [0, 0.1) is 5.41 Å². The van der Waals surface area contributed by atoms with E-state index < -0.39 is 11.8 Å². The lowest BCUT2D eigenvalue weighted by molar-refractivity contribution is -0.116. The van der Waals surface area contributed by atoms with Gasteiger partial charge in [-0.2, -0.15) is 0 Å². The Balaban J connectivity index is 2.09. The average Bonchev–Trinajstić information content (AvgIpc) is 2.40. The van der Waals surface area contributed by atoms with Crippen molar-refractivity contribution in [1.82, 2.24) is 5.32 Å². The summed E-state index contributed by atoms with van der Waals surface area (Å²) in [7, 11) is 0. The summed E-state index contributed by atoms with van der Waals surface area (Å²) in [5, 5.41) is 9.91. The molecule has 2 rings (SSSR count). The monoisotopic (exact) mass is 240 g/mol. The first-order valence-electron chi connectivity index (χ1n) is 5.54. The Hall–Kier alpha value is -2.49. The number of allylic oxidation sites excluding steroid dienone is 3. The predicted molar refractivity (Wildman–Crippen MR) is 68.5 cm³/mol. The number of hydrogen-bond acceptors (Lipinski definition) is 3. The van der Waals surface area contributed by atoms with Crippen molar-refractivity contribution in [2.24, 2.45) is 0 Å². The van der Waals surface area contributed by atoms with Crippen LogP contribution in [0.3, 0.4) is 0 Å². The Morgan fingerprint density at radius 3 is 2.50 bits per heavy atom. The number of rotatable bonds is 2. The quantitative estimate of drug-likeness (QED) is 0.774. The van der Waals surface area contributed by atoms with Crippen LogP contribution in [0.5, 0.6) is 0 Å². The molecular formula is C14H12N2O2. The molecule has 4 heteroatoms. The van der Waals surface area contributed by atoms with E-state index in [-0.39, 0.29) is 11.3 Å². The van der Waals surface area contributed by atoms with Crippen molar-refractivity contribution in [1.29, 1.82) is 5.41 Å². The normalized spacial score (nSPS) is 14.0. The lowest BCUT2D eigenvalue weighted by atomic mass is 10.0. The van der Waals surface area contributed by atoms with Gasteiger partial charge in [-0.25, -0.2) is 0 Å². The summed E-state index contributed by atoms with van der Waals surface area (Å²) < 4.78 is 0. The van der Waals surface area contributed by atoms with Crippen LogP contribution in [-0.2, 0) is 4.79 Å². The highest BCUT2D eigenvalue weighted by Crippen LogP contribution is 2.08. The number of amides is 2. The molecule has 4 nitrogen and oxygen atoms in total. The van der Waals surface area contributed by atoms with Gasteiger partial charge in [0.1, 0.15) is 0 Å². The summed E-state index contributed by atoms with van der Waals surface area (Å²) in [6, 6.07) is 8.50. The van der Waals surface area contributed by atoms with Crippen LogP contribution in [0.4, 0.5) is 0 Å². The molecule has 0 saturated carbocycles. The van der Waals surface area contributed by atoms with E-state index in [1.54, 1.807) is 48.6 Å². The van der Waals surface area contributed by atoms with E-state index in [2.05, 4.69) is 5.32 Å². The van der Waals surface area contributed by atoms with Gasteiger partial charge < -0.3 is 5.41 Å². The molecule has 90 valence electrons. The van der Waals surface area contributed by atoms with Crippen LogP contribution in [0.25, 0.3) is 0 Å². The summed E-state index contributed by atoms with van der Waals surface area (Å²) in [5.41, 5.74) is 0.877. The maximum Gasteiger partial charge on any atom is 0.259 e. The highest BCUT2D eigenvalue weighted by molar-refractivity contribution is 6.25. The van der Waals surface area contributed by atoms with Crippen molar-refractivity contribution in [2.45, 2.75) is 6.42 Å². The first-order chi connectivity index (χ1) is 8.68. The lowest BCUT2D eigenvalue weighted by Gasteiger charge is -2.10. The number of carbonyl (C=O) groups is 2. The van der Waals surface area contributed by atoms with Gasteiger partial charge in [-0.3, -0.25) is 14.9 Å². The minimum Gasteiger partial charge on any atom is -0.304 e. The summed E-state index contributed by atoms with van der Waals surface area (Å²) >= 11 is 0. The van der Waals surface area contributed by atoms with Crippen LogP contribution in [-0.4, -0.2) is 17.5 Å². The maximum absolute atomic E-state index is 11.8. The molecular weight excluding hydrogens is 228 g/mol. The molecule has 1 aromatic carbocycles. The van der Waals surface area contributed by atoms with Crippen molar-refractivity contribution in [3.05, 3.63) is 59.7 Å². The van der Waals surface area contributed by atoms with E-state index >= 15 is 0 Å². The SMILES string of the molecule is N=C1CC=CC=C1C(=O)NC(=O)c1ccccc1. The molecule has 0 saturated heterocycles. The molecule has 0 aromatic heterocycles. The van der Waals surface area contributed by atoms with Crippen LogP contribution < -0.4 is 5.32 Å². The van der Waals surface area contributed by atoms with Gasteiger partial charge in [0, 0.05) is 17.7 Å². The first-order valence-corrected chi connectivity index (χ1v) is 5.54. The van der Waals surface area contributed by atoms with Crippen molar-refractivity contribution >= 4 is 17.5 Å². The third kappa shape index (κ3) is 2.60. The van der Waals surface area contributed by atoms with Gasteiger partial charge in [-0.15, -0.1) is 0 Å². The van der Waals surface area contributed by atoms with Crippen LogP contribution in [0.15, 0.2) is 54.1 Å². The van der Waals surface area contributed by atoms with Crippen molar-refractivity contribution in [3.8, 4) is 0 Å². The molecule has 18 heavy (non-hydrogen) atoms. The van der Waals surface area contributed by atoms with Gasteiger partial charge in [0.25, 0.3) is 11.8 Å². The number of imide groups is 1. The largest absolute Gasteiger partial charge is 0.304 e. The molecule has 0 bridgehead atoms. The van der Waals surface area contributed by atoms with Gasteiger partial charge >= 0.3 is 0 Å². The lowest BCUT2D eigenvalue weighted by Crippen LogP contribution is -2.34. The minimum absolute atomic E-state index is 0.218. The molecule has 1 aliphatic carbocycles. The second-order valence-electron chi connectivity index (χ2n) is 3.84. The van der Waals surface area contributed by atoms with Crippen molar-refractivity contribution < 1.29 is 9.59 Å². The Bertz CT molecular complexity index is 556. The fourth-order valence-electron chi connectivity index (χ4n) is 1.61. The van der Waals surface area contributed by atoms with Gasteiger partial charge in [0.15, 0.2) is 0 Å². The Morgan fingerprint density at radius 1 is 1.11 bits per heavy atom. The Morgan fingerprint density at radius 2 is 1.83 bits per heavy atom. The van der Waals surface area contributed by atoms with E-state index in [0.29, 0.717) is 12.0 Å². The third-order valence-electron chi connectivity index (χ3n) is 2.55. The average molecular weight is 240 g/mol. The van der Waals surface area contributed by atoms with Gasteiger partial charge in [-0.1, -0.05) is 30.4 Å². The zero-order chi connectivity index (χ0) is 13.0. The molecule has 0 spiro atoms. The molecule has 1 aromatic rings. The van der Waals surface area contributed by atoms with E-state index in [1.165, 1.54) is 0 Å². The second kappa shape index (κ2) is 5.23. The van der Waals surface area contributed by atoms with Crippen LogP contribution in [0.1, 0.15) is 16.8 Å². The maximum atomic E-state index is 11.8. The number of benzene rings is 1. The molecule has 0 unspecified atom stereocenters. The van der Waals surface area contributed by atoms with Crippen molar-refractivity contribution in [3.63, 3.8) is 0 Å². The summed E-state index contributed by atoms with van der Waals surface area (Å²) in [6.45, 7) is 0. The Labute approximate surface area is 105 Å². The van der Waals surface area contributed by atoms with E-state index in [9.17, 15) is 9.59 Å². The first kappa shape index (κ1) is 12.0. The number of carbonyl (C=O) groups excluding carboxylic acids is 2. The molecule has 0 radical (unpaired) electrons. The summed E-state index contributed by atoms with van der Waals surface area (Å²) in [5.74, 6) is -0.984. The van der Waals surface area contributed by atoms with E-state index in [1.807, 2.05) is 0 Å². The second-order valence-corrected chi connectivity index (χ2v) is 3.84. The predicted octanol–water partition coefficient (Wildman–Crippen LogP) is 1.85. The van der Waals surface area contributed by atoms with Crippen molar-refractivity contribution in [2.75, 3.05) is 0 Å². The summed E-state index contributed by atoms with van der Waals surface area (Å²) in [4.78, 5) is 23.6. The molecule has 0 fully saturated rings. The highest BCUT2D eigenvalue weighted by Gasteiger charge is 2.18.